The van der Waals surface area contributed by atoms with Crippen molar-refractivity contribution >= 4 is 28.9 Å². The molecule has 4 nitrogen and oxygen atoms in total. The number of rotatable bonds is 4. The van der Waals surface area contributed by atoms with Gasteiger partial charge in [-0.25, -0.2) is 9.97 Å². The van der Waals surface area contributed by atoms with E-state index in [4.69, 9.17) is 11.6 Å². The van der Waals surface area contributed by atoms with Gasteiger partial charge in [0.05, 0.1) is 0 Å². The van der Waals surface area contributed by atoms with Crippen LogP contribution in [0.3, 0.4) is 0 Å². The van der Waals surface area contributed by atoms with Crippen LogP contribution in [0.5, 0.6) is 0 Å². The van der Waals surface area contributed by atoms with Crippen LogP contribution in [-0.4, -0.2) is 16.5 Å². The van der Waals surface area contributed by atoms with E-state index in [-0.39, 0.29) is 0 Å². The van der Waals surface area contributed by atoms with E-state index < -0.39 is 0 Å². The summed E-state index contributed by atoms with van der Waals surface area (Å²) in [7, 11) is 0. The summed E-state index contributed by atoms with van der Waals surface area (Å²) in [5, 5.41) is 7.25. The van der Waals surface area contributed by atoms with Crippen molar-refractivity contribution in [1.82, 2.24) is 9.97 Å². The van der Waals surface area contributed by atoms with Gasteiger partial charge in [0.2, 0.25) is 0 Å². The fourth-order valence-corrected chi connectivity index (χ4v) is 1.89. The van der Waals surface area contributed by atoms with Crippen LogP contribution in [0.15, 0.2) is 24.3 Å². The maximum absolute atomic E-state index is 5.87. The molecule has 100 valence electrons. The molecule has 0 radical (unpaired) electrons. The molecule has 1 heterocycles. The molecule has 2 rings (SSSR count). The van der Waals surface area contributed by atoms with E-state index in [1.165, 1.54) is 0 Å². The van der Waals surface area contributed by atoms with Crippen molar-refractivity contribution in [2.75, 3.05) is 17.2 Å². The first kappa shape index (κ1) is 13.6. The van der Waals surface area contributed by atoms with Crippen molar-refractivity contribution in [3.05, 3.63) is 40.7 Å². The normalized spacial score (nSPS) is 10.3. The second-order valence-corrected chi connectivity index (χ2v) is 4.69. The Morgan fingerprint density at radius 2 is 1.68 bits per heavy atom. The Morgan fingerprint density at radius 3 is 2.32 bits per heavy atom. The Labute approximate surface area is 118 Å². The minimum Gasteiger partial charge on any atom is -0.370 e. The lowest BCUT2D eigenvalue weighted by molar-refractivity contribution is 1.02. The predicted molar refractivity (Wildman–Crippen MR) is 80.4 cm³/mol. The Kier molecular flexibility index (Phi) is 4.22. The second-order valence-electron chi connectivity index (χ2n) is 4.26. The standard InChI is InChI=1S/C14H17ClN4/c1-4-16-13-9(2)14(18-10(3)17-13)19-12-7-5-11(15)6-8-12/h5-8H,4H2,1-3H3,(H2,16,17,18,19). The summed E-state index contributed by atoms with van der Waals surface area (Å²) in [5.41, 5.74) is 1.95. The average Bonchev–Trinajstić information content (AvgIpc) is 2.38. The molecule has 0 bridgehead atoms. The third kappa shape index (κ3) is 3.35. The van der Waals surface area contributed by atoms with Gasteiger partial charge in [0.25, 0.3) is 0 Å². The van der Waals surface area contributed by atoms with Gasteiger partial charge in [0.15, 0.2) is 0 Å². The zero-order valence-corrected chi connectivity index (χ0v) is 12.0. The van der Waals surface area contributed by atoms with Crippen LogP contribution in [0.1, 0.15) is 18.3 Å². The molecule has 1 aromatic carbocycles. The summed E-state index contributed by atoms with van der Waals surface area (Å²) >= 11 is 5.87. The molecule has 0 spiro atoms. The topological polar surface area (TPSA) is 49.8 Å². The highest BCUT2D eigenvalue weighted by molar-refractivity contribution is 6.30. The number of hydrogen-bond acceptors (Lipinski definition) is 4. The van der Waals surface area contributed by atoms with Crippen molar-refractivity contribution in [2.24, 2.45) is 0 Å². The van der Waals surface area contributed by atoms with Crippen LogP contribution >= 0.6 is 11.6 Å². The molecular weight excluding hydrogens is 260 g/mol. The van der Waals surface area contributed by atoms with Crippen LogP contribution in [-0.2, 0) is 0 Å². The van der Waals surface area contributed by atoms with Gasteiger partial charge in [0.1, 0.15) is 17.5 Å². The molecule has 0 saturated carbocycles. The lowest BCUT2D eigenvalue weighted by Crippen LogP contribution is -2.07. The number of hydrogen-bond donors (Lipinski definition) is 2. The first-order valence-corrected chi connectivity index (χ1v) is 6.59. The first-order valence-electron chi connectivity index (χ1n) is 6.22. The molecule has 1 aromatic heterocycles. The number of nitrogens with one attached hydrogen (secondary N) is 2. The molecule has 2 N–H and O–H groups in total. The number of aryl methyl sites for hydroxylation is 1. The van der Waals surface area contributed by atoms with Gasteiger partial charge in [-0.1, -0.05) is 11.6 Å². The number of anilines is 3. The number of aromatic nitrogens is 2. The summed E-state index contributed by atoms with van der Waals surface area (Å²) in [6, 6.07) is 7.54. The lowest BCUT2D eigenvalue weighted by Gasteiger charge is -2.13. The van der Waals surface area contributed by atoms with Crippen molar-refractivity contribution in [3.63, 3.8) is 0 Å². The molecule has 0 saturated heterocycles. The molecule has 0 aliphatic carbocycles. The van der Waals surface area contributed by atoms with E-state index in [0.717, 1.165) is 40.3 Å². The highest BCUT2D eigenvalue weighted by Crippen LogP contribution is 2.24. The predicted octanol–water partition coefficient (Wildman–Crippen LogP) is 3.92. The molecule has 0 fully saturated rings. The van der Waals surface area contributed by atoms with Crippen molar-refractivity contribution in [3.8, 4) is 0 Å². The van der Waals surface area contributed by atoms with Gasteiger partial charge in [-0.15, -0.1) is 0 Å². The Morgan fingerprint density at radius 1 is 1.05 bits per heavy atom. The van der Waals surface area contributed by atoms with Gasteiger partial charge < -0.3 is 10.6 Å². The zero-order valence-electron chi connectivity index (χ0n) is 11.3. The molecule has 0 unspecified atom stereocenters. The molecule has 2 aromatic rings. The SMILES string of the molecule is CCNc1nc(C)nc(Nc2ccc(Cl)cc2)c1C. The van der Waals surface area contributed by atoms with Crippen molar-refractivity contribution < 1.29 is 0 Å². The molecule has 0 aliphatic rings. The fraction of sp³-hybridized carbons (Fsp3) is 0.286. The maximum atomic E-state index is 5.87. The Hall–Kier alpha value is -1.81. The summed E-state index contributed by atoms with van der Waals surface area (Å²) in [6.07, 6.45) is 0. The molecule has 5 heteroatoms. The third-order valence-corrected chi connectivity index (χ3v) is 2.96. The minimum atomic E-state index is 0.717. The average molecular weight is 277 g/mol. The van der Waals surface area contributed by atoms with Gasteiger partial charge in [-0.3, -0.25) is 0 Å². The Balaban J connectivity index is 2.31. The summed E-state index contributed by atoms with van der Waals surface area (Å²) in [5.74, 6) is 2.41. The van der Waals surface area contributed by atoms with Crippen LogP contribution in [0.4, 0.5) is 17.3 Å². The molecular formula is C14H17ClN4. The highest BCUT2D eigenvalue weighted by atomic mass is 35.5. The molecule has 0 atom stereocenters. The smallest absolute Gasteiger partial charge is 0.139 e. The summed E-state index contributed by atoms with van der Waals surface area (Å²) in [4.78, 5) is 8.83. The van der Waals surface area contributed by atoms with E-state index in [9.17, 15) is 0 Å². The van der Waals surface area contributed by atoms with E-state index in [1.807, 2.05) is 45.0 Å². The second kappa shape index (κ2) is 5.89. The Bertz CT molecular complexity index is 566. The van der Waals surface area contributed by atoms with Crippen LogP contribution in [0.25, 0.3) is 0 Å². The number of benzene rings is 1. The summed E-state index contributed by atoms with van der Waals surface area (Å²) < 4.78 is 0. The molecule has 0 aliphatic heterocycles. The summed E-state index contributed by atoms with van der Waals surface area (Å²) in [6.45, 7) is 6.75. The van der Waals surface area contributed by atoms with Gasteiger partial charge >= 0.3 is 0 Å². The largest absolute Gasteiger partial charge is 0.370 e. The molecule has 0 amide bonds. The highest BCUT2D eigenvalue weighted by Gasteiger charge is 2.08. The monoisotopic (exact) mass is 276 g/mol. The maximum Gasteiger partial charge on any atom is 0.139 e. The van der Waals surface area contributed by atoms with E-state index in [2.05, 4.69) is 20.6 Å². The van der Waals surface area contributed by atoms with E-state index in [1.54, 1.807) is 0 Å². The number of nitrogens with zero attached hydrogens (tertiary/aromatic N) is 2. The molecule has 19 heavy (non-hydrogen) atoms. The lowest BCUT2D eigenvalue weighted by atomic mass is 10.2. The van der Waals surface area contributed by atoms with E-state index >= 15 is 0 Å². The van der Waals surface area contributed by atoms with E-state index in [0.29, 0.717) is 0 Å². The van der Waals surface area contributed by atoms with Gasteiger partial charge in [0, 0.05) is 22.8 Å². The van der Waals surface area contributed by atoms with Crippen molar-refractivity contribution in [1.29, 1.82) is 0 Å². The van der Waals surface area contributed by atoms with Crippen LogP contribution in [0, 0.1) is 13.8 Å². The van der Waals surface area contributed by atoms with Gasteiger partial charge in [-0.05, 0) is 45.0 Å². The van der Waals surface area contributed by atoms with Gasteiger partial charge in [-0.2, -0.15) is 0 Å². The third-order valence-electron chi connectivity index (χ3n) is 2.71. The fourth-order valence-electron chi connectivity index (χ4n) is 1.76. The minimum absolute atomic E-state index is 0.717. The number of halogens is 1. The van der Waals surface area contributed by atoms with Crippen LogP contribution < -0.4 is 10.6 Å². The van der Waals surface area contributed by atoms with Crippen molar-refractivity contribution in [2.45, 2.75) is 20.8 Å². The first-order chi connectivity index (χ1) is 9.10. The quantitative estimate of drug-likeness (QED) is 0.889. The van der Waals surface area contributed by atoms with Crippen LogP contribution in [0.2, 0.25) is 5.02 Å². The zero-order chi connectivity index (χ0) is 13.8.